The molecule has 4 nitrogen and oxygen atoms in total. The molecular weight excluding hydrogens is 226 g/mol. The Kier molecular flexibility index (Phi) is 5.26. The van der Waals surface area contributed by atoms with Gasteiger partial charge in [-0.1, -0.05) is 5.92 Å². The minimum Gasteiger partial charge on any atom is -0.380 e. The van der Waals surface area contributed by atoms with Gasteiger partial charge in [0.2, 0.25) is 0 Å². The van der Waals surface area contributed by atoms with Crippen molar-refractivity contribution in [3.8, 4) is 12.3 Å². The maximum absolute atomic E-state index is 11.4. The van der Waals surface area contributed by atoms with Gasteiger partial charge in [-0.25, -0.2) is 8.42 Å². The Balaban J connectivity index is 2.48. The van der Waals surface area contributed by atoms with Crippen molar-refractivity contribution in [2.75, 3.05) is 37.8 Å². The molecule has 0 aliphatic carbocycles. The first-order valence-corrected chi connectivity index (χ1v) is 7.37. The van der Waals surface area contributed by atoms with Crippen LogP contribution < -0.4 is 0 Å². The molecule has 0 aromatic carbocycles. The minimum absolute atomic E-state index is 0.0708. The lowest BCUT2D eigenvalue weighted by Crippen LogP contribution is -2.38. The van der Waals surface area contributed by atoms with Crippen molar-refractivity contribution in [2.24, 2.45) is 0 Å². The molecule has 1 aliphatic heterocycles. The summed E-state index contributed by atoms with van der Waals surface area (Å²) < 4.78 is 28.0. The average Bonchev–Trinajstić information content (AvgIpc) is 2.58. The Morgan fingerprint density at radius 1 is 1.56 bits per heavy atom. The number of rotatable bonds is 6. The highest BCUT2D eigenvalue weighted by molar-refractivity contribution is 7.91. The van der Waals surface area contributed by atoms with Crippen LogP contribution in [0.3, 0.4) is 0 Å². The zero-order chi connectivity index (χ0) is 12.0. The summed E-state index contributed by atoms with van der Waals surface area (Å²) in [5.41, 5.74) is 0. The van der Waals surface area contributed by atoms with Crippen LogP contribution in [0.15, 0.2) is 0 Å². The third kappa shape index (κ3) is 4.12. The van der Waals surface area contributed by atoms with Crippen LogP contribution >= 0.6 is 0 Å². The van der Waals surface area contributed by atoms with E-state index in [9.17, 15) is 8.42 Å². The van der Waals surface area contributed by atoms with Gasteiger partial charge in [0.05, 0.1) is 24.7 Å². The first kappa shape index (κ1) is 13.5. The smallest absolute Gasteiger partial charge is 0.151 e. The fourth-order valence-corrected chi connectivity index (χ4v) is 3.66. The lowest BCUT2D eigenvalue weighted by atomic mass is 10.2. The van der Waals surface area contributed by atoms with Gasteiger partial charge < -0.3 is 4.74 Å². The molecule has 0 saturated carbocycles. The lowest BCUT2D eigenvalue weighted by molar-refractivity contribution is 0.105. The molecule has 0 N–H and O–H groups in total. The van der Waals surface area contributed by atoms with Gasteiger partial charge in [-0.2, -0.15) is 0 Å². The van der Waals surface area contributed by atoms with E-state index in [1.54, 1.807) is 0 Å². The predicted molar refractivity (Wildman–Crippen MR) is 64.0 cm³/mol. The van der Waals surface area contributed by atoms with E-state index < -0.39 is 9.84 Å². The zero-order valence-electron chi connectivity index (χ0n) is 9.68. The van der Waals surface area contributed by atoms with Crippen molar-refractivity contribution in [3.05, 3.63) is 0 Å². The summed E-state index contributed by atoms with van der Waals surface area (Å²) in [6.45, 7) is 4.42. The van der Waals surface area contributed by atoms with Crippen LogP contribution in [0.25, 0.3) is 0 Å². The van der Waals surface area contributed by atoms with Crippen LogP contribution in [-0.4, -0.2) is 57.2 Å². The molecule has 1 saturated heterocycles. The molecule has 1 atom stereocenters. The third-order valence-corrected chi connectivity index (χ3v) is 4.50. The quantitative estimate of drug-likeness (QED) is 0.493. The average molecular weight is 245 g/mol. The van der Waals surface area contributed by atoms with Crippen molar-refractivity contribution in [1.82, 2.24) is 4.90 Å². The van der Waals surface area contributed by atoms with E-state index in [0.717, 1.165) is 0 Å². The van der Waals surface area contributed by atoms with Gasteiger partial charge in [-0.05, 0) is 13.3 Å². The first-order chi connectivity index (χ1) is 7.59. The van der Waals surface area contributed by atoms with E-state index in [0.29, 0.717) is 32.7 Å². The lowest BCUT2D eigenvalue weighted by Gasteiger charge is -2.25. The van der Waals surface area contributed by atoms with Gasteiger partial charge in [0.25, 0.3) is 0 Å². The summed E-state index contributed by atoms with van der Waals surface area (Å²) >= 11 is 0. The van der Waals surface area contributed by atoms with Crippen LogP contribution in [0.4, 0.5) is 0 Å². The topological polar surface area (TPSA) is 46.6 Å². The van der Waals surface area contributed by atoms with Gasteiger partial charge in [-0.15, -0.1) is 6.42 Å². The fraction of sp³-hybridized carbons (Fsp3) is 0.818. The van der Waals surface area contributed by atoms with Crippen molar-refractivity contribution < 1.29 is 13.2 Å². The molecule has 0 bridgehead atoms. The Bertz CT molecular complexity index is 345. The first-order valence-electron chi connectivity index (χ1n) is 5.54. The van der Waals surface area contributed by atoms with Crippen LogP contribution in [0.5, 0.6) is 0 Å². The van der Waals surface area contributed by atoms with Gasteiger partial charge in [0.15, 0.2) is 9.84 Å². The summed E-state index contributed by atoms with van der Waals surface area (Å²) in [5, 5.41) is 0. The number of nitrogens with zero attached hydrogens (tertiary/aromatic N) is 1. The van der Waals surface area contributed by atoms with Gasteiger partial charge in [0.1, 0.15) is 0 Å². The molecule has 1 heterocycles. The van der Waals surface area contributed by atoms with E-state index in [4.69, 9.17) is 11.2 Å². The highest BCUT2D eigenvalue weighted by Crippen LogP contribution is 2.17. The van der Waals surface area contributed by atoms with E-state index in [-0.39, 0.29) is 17.5 Å². The van der Waals surface area contributed by atoms with Gasteiger partial charge >= 0.3 is 0 Å². The van der Waals surface area contributed by atoms with E-state index in [1.165, 1.54) is 0 Å². The summed E-state index contributed by atoms with van der Waals surface area (Å²) in [7, 11) is -2.84. The van der Waals surface area contributed by atoms with Crippen LogP contribution in [-0.2, 0) is 14.6 Å². The summed E-state index contributed by atoms with van der Waals surface area (Å²) in [5.74, 6) is 3.10. The summed E-state index contributed by atoms with van der Waals surface area (Å²) in [4.78, 5) is 2.03. The normalized spacial score (nSPS) is 23.4. The van der Waals surface area contributed by atoms with Crippen molar-refractivity contribution in [1.29, 1.82) is 0 Å². The van der Waals surface area contributed by atoms with Crippen LogP contribution in [0.1, 0.15) is 13.3 Å². The molecule has 0 radical (unpaired) electrons. The fourth-order valence-electron chi connectivity index (χ4n) is 1.90. The van der Waals surface area contributed by atoms with Crippen molar-refractivity contribution in [3.63, 3.8) is 0 Å². The second-order valence-corrected chi connectivity index (χ2v) is 6.16. The Hall–Kier alpha value is -0.570. The number of terminal acetylenes is 1. The Morgan fingerprint density at radius 3 is 2.81 bits per heavy atom. The summed E-state index contributed by atoms with van der Waals surface area (Å²) in [6, 6.07) is 0.0708. The number of ether oxygens (including phenoxy) is 1. The third-order valence-electron chi connectivity index (χ3n) is 2.75. The monoisotopic (exact) mass is 245 g/mol. The molecule has 0 aromatic rings. The van der Waals surface area contributed by atoms with Gasteiger partial charge in [-0.3, -0.25) is 4.90 Å². The second kappa shape index (κ2) is 6.24. The number of hydrogen-bond donors (Lipinski definition) is 0. The highest BCUT2D eigenvalue weighted by atomic mass is 32.2. The van der Waals surface area contributed by atoms with Crippen molar-refractivity contribution >= 4 is 9.84 Å². The Morgan fingerprint density at radius 2 is 2.31 bits per heavy atom. The van der Waals surface area contributed by atoms with Gasteiger partial charge in [0, 0.05) is 19.2 Å². The predicted octanol–water partition coefficient (Wildman–Crippen LogP) is 0.145. The SMILES string of the molecule is C#CCN(CCOCC)[C@H]1CCS(=O)(=O)C1. The molecule has 0 unspecified atom stereocenters. The molecule has 1 fully saturated rings. The van der Waals surface area contributed by atoms with Crippen LogP contribution in [0.2, 0.25) is 0 Å². The van der Waals surface area contributed by atoms with E-state index in [2.05, 4.69) is 5.92 Å². The molecule has 1 rings (SSSR count). The maximum Gasteiger partial charge on any atom is 0.151 e. The molecule has 92 valence electrons. The number of sulfone groups is 1. The summed E-state index contributed by atoms with van der Waals surface area (Å²) in [6.07, 6.45) is 5.98. The molecule has 0 aromatic heterocycles. The molecule has 1 aliphatic rings. The van der Waals surface area contributed by atoms with E-state index in [1.807, 2.05) is 11.8 Å². The molecule has 16 heavy (non-hydrogen) atoms. The second-order valence-electron chi connectivity index (χ2n) is 3.93. The molecule has 5 heteroatoms. The minimum atomic E-state index is -2.84. The van der Waals surface area contributed by atoms with E-state index >= 15 is 0 Å². The maximum atomic E-state index is 11.4. The molecular formula is C11H19NO3S. The molecule has 0 spiro atoms. The Labute approximate surface area is 97.9 Å². The highest BCUT2D eigenvalue weighted by Gasteiger charge is 2.31. The standard InChI is InChI=1S/C11H19NO3S/c1-3-6-12(7-8-15-4-2)11-5-9-16(13,14)10-11/h1,11H,4-10H2,2H3/t11-/m0/s1. The molecule has 0 amide bonds. The largest absolute Gasteiger partial charge is 0.380 e. The van der Waals surface area contributed by atoms with Crippen molar-refractivity contribution in [2.45, 2.75) is 19.4 Å². The zero-order valence-corrected chi connectivity index (χ0v) is 10.5. The van der Waals surface area contributed by atoms with Crippen LogP contribution in [0, 0.1) is 12.3 Å². The number of hydrogen-bond acceptors (Lipinski definition) is 4.